The van der Waals surface area contributed by atoms with Gasteiger partial charge in [0.2, 0.25) is 11.8 Å². The van der Waals surface area contributed by atoms with Crippen LogP contribution < -0.4 is 9.64 Å². The molecule has 0 saturated heterocycles. The Labute approximate surface area is 114 Å². The number of carbonyl (C=O) groups is 2. The highest BCUT2D eigenvalue weighted by Crippen LogP contribution is 2.31. The lowest BCUT2D eigenvalue weighted by Gasteiger charge is -2.17. The average molecular weight is 276 g/mol. The predicted octanol–water partition coefficient (Wildman–Crippen LogP) is 2.75. The van der Waals surface area contributed by atoms with E-state index in [1.54, 1.807) is 5.38 Å². The van der Waals surface area contributed by atoms with Gasteiger partial charge in [0.05, 0.1) is 11.1 Å². The Morgan fingerprint density at radius 3 is 2.47 bits per heavy atom. The Balaban J connectivity index is 2.33. The number of rotatable bonds is 3. The summed E-state index contributed by atoms with van der Waals surface area (Å²) in [6, 6.07) is 9.17. The van der Waals surface area contributed by atoms with Gasteiger partial charge in [-0.1, -0.05) is 18.2 Å². The fourth-order valence-corrected chi connectivity index (χ4v) is 2.34. The minimum Gasteiger partial charge on any atom is -0.407 e. The van der Waals surface area contributed by atoms with Gasteiger partial charge in [-0.05, 0) is 12.1 Å². The molecule has 0 N–H and O–H groups in total. The van der Waals surface area contributed by atoms with Crippen LogP contribution in [0.25, 0.3) is 0 Å². The van der Waals surface area contributed by atoms with E-state index in [-0.39, 0.29) is 11.8 Å². The number of anilines is 2. The maximum atomic E-state index is 11.8. The Hall–Kier alpha value is -2.21. The summed E-state index contributed by atoms with van der Waals surface area (Å²) in [4.78, 5) is 28.2. The molecule has 1 aromatic heterocycles. The number of nitrogens with zero attached hydrogens (tertiary/aromatic N) is 2. The molecule has 0 spiro atoms. The van der Waals surface area contributed by atoms with Crippen molar-refractivity contribution in [3.05, 3.63) is 35.7 Å². The highest BCUT2D eigenvalue weighted by Gasteiger charge is 2.18. The first kappa shape index (κ1) is 13.2. The highest BCUT2D eigenvalue weighted by molar-refractivity contribution is 7.14. The molecule has 2 aromatic rings. The number of amides is 1. The van der Waals surface area contributed by atoms with E-state index >= 15 is 0 Å². The van der Waals surface area contributed by atoms with Crippen molar-refractivity contribution in [3.63, 3.8) is 0 Å². The Morgan fingerprint density at radius 2 is 1.89 bits per heavy atom. The highest BCUT2D eigenvalue weighted by atomic mass is 32.1. The van der Waals surface area contributed by atoms with E-state index in [0.717, 1.165) is 5.69 Å². The molecule has 5 nitrogen and oxygen atoms in total. The van der Waals surface area contributed by atoms with E-state index in [4.69, 9.17) is 4.74 Å². The number of para-hydroxylation sites is 1. The molecule has 0 saturated carbocycles. The number of benzene rings is 1. The fourth-order valence-electron chi connectivity index (χ4n) is 1.55. The van der Waals surface area contributed by atoms with Crippen LogP contribution in [0.5, 0.6) is 5.88 Å². The van der Waals surface area contributed by atoms with Crippen molar-refractivity contribution in [2.24, 2.45) is 0 Å². The van der Waals surface area contributed by atoms with Gasteiger partial charge in [-0.25, -0.2) is 0 Å². The summed E-state index contributed by atoms with van der Waals surface area (Å²) in [7, 11) is 0. The van der Waals surface area contributed by atoms with Crippen LogP contribution >= 0.6 is 11.3 Å². The second-order valence-corrected chi connectivity index (χ2v) is 4.59. The van der Waals surface area contributed by atoms with E-state index in [2.05, 4.69) is 4.98 Å². The van der Waals surface area contributed by atoms with Crippen LogP contribution in [0.3, 0.4) is 0 Å². The summed E-state index contributed by atoms with van der Waals surface area (Å²) in [6.45, 7) is 2.76. The molecule has 98 valence electrons. The zero-order valence-corrected chi connectivity index (χ0v) is 11.3. The number of carbonyl (C=O) groups excluding carboxylic acids is 2. The van der Waals surface area contributed by atoms with Gasteiger partial charge in [0, 0.05) is 13.8 Å². The van der Waals surface area contributed by atoms with Gasteiger partial charge in [-0.2, -0.15) is 4.98 Å². The zero-order chi connectivity index (χ0) is 13.8. The lowest BCUT2D eigenvalue weighted by atomic mass is 10.3. The molecule has 0 atom stereocenters. The summed E-state index contributed by atoms with van der Waals surface area (Å²) < 4.78 is 4.88. The first-order valence-corrected chi connectivity index (χ1v) is 6.45. The molecular formula is C13H12N2O3S. The molecule has 19 heavy (non-hydrogen) atoms. The van der Waals surface area contributed by atoms with Crippen LogP contribution in [-0.2, 0) is 9.59 Å². The van der Waals surface area contributed by atoms with Crippen LogP contribution in [0.4, 0.5) is 10.8 Å². The van der Waals surface area contributed by atoms with Gasteiger partial charge in [0.1, 0.15) is 0 Å². The van der Waals surface area contributed by atoms with Gasteiger partial charge in [-0.15, -0.1) is 11.3 Å². The topological polar surface area (TPSA) is 59.5 Å². The molecule has 6 heteroatoms. The minimum atomic E-state index is -0.439. The molecule has 1 aromatic carbocycles. The molecule has 0 unspecified atom stereocenters. The van der Waals surface area contributed by atoms with Gasteiger partial charge in [0.25, 0.3) is 0 Å². The van der Waals surface area contributed by atoms with Crippen LogP contribution in [0.15, 0.2) is 35.7 Å². The van der Waals surface area contributed by atoms with Crippen molar-refractivity contribution in [1.29, 1.82) is 0 Å². The van der Waals surface area contributed by atoms with Gasteiger partial charge >= 0.3 is 5.97 Å². The summed E-state index contributed by atoms with van der Waals surface area (Å²) >= 11 is 1.24. The molecule has 0 fully saturated rings. The maximum absolute atomic E-state index is 11.8. The number of esters is 1. The van der Waals surface area contributed by atoms with Crippen LogP contribution in [0, 0.1) is 0 Å². The van der Waals surface area contributed by atoms with Crippen molar-refractivity contribution in [3.8, 4) is 5.88 Å². The quantitative estimate of drug-likeness (QED) is 0.809. The molecule has 2 rings (SSSR count). The van der Waals surface area contributed by atoms with Crippen molar-refractivity contribution in [2.75, 3.05) is 4.90 Å². The summed E-state index contributed by atoms with van der Waals surface area (Å²) in [6.07, 6.45) is 0. The number of ether oxygens (including phenoxy) is 1. The third-order valence-corrected chi connectivity index (χ3v) is 3.04. The largest absolute Gasteiger partial charge is 0.407 e. The molecular weight excluding hydrogens is 264 g/mol. The monoisotopic (exact) mass is 276 g/mol. The summed E-state index contributed by atoms with van der Waals surface area (Å²) in [5.74, 6) is -0.393. The second kappa shape index (κ2) is 5.62. The molecule has 0 aliphatic carbocycles. The number of hydrogen-bond acceptors (Lipinski definition) is 5. The molecule has 0 bridgehead atoms. The van der Waals surface area contributed by atoms with Gasteiger partial charge in [0.15, 0.2) is 5.13 Å². The Kier molecular flexibility index (Phi) is 3.91. The number of thiazole rings is 1. The molecule has 0 radical (unpaired) electrons. The standard InChI is InChI=1S/C13H12N2O3S/c1-9(16)15(11-6-4-3-5-7-11)13-14-12(8-19-13)18-10(2)17/h3-8H,1-2H3. The van der Waals surface area contributed by atoms with Gasteiger partial charge in [-0.3, -0.25) is 14.5 Å². The Bertz CT molecular complexity index is 595. The smallest absolute Gasteiger partial charge is 0.309 e. The number of aromatic nitrogens is 1. The average Bonchev–Trinajstić information content (AvgIpc) is 2.77. The van der Waals surface area contributed by atoms with E-state index in [1.807, 2.05) is 30.3 Å². The number of hydrogen-bond donors (Lipinski definition) is 0. The lowest BCUT2D eigenvalue weighted by molar-refractivity contribution is -0.132. The molecule has 0 aliphatic heterocycles. The van der Waals surface area contributed by atoms with Crippen molar-refractivity contribution in [1.82, 2.24) is 4.98 Å². The zero-order valence-electron chi connectivity index (χ0n) is 10.5. The third kappa shape index (κ3) is 3.17. The Morgan fingerprint density at radius 1 is 1.21 bits per heavy atom. The van der Waals surface area contributed by atoms with Crippen molar-refractivity contribution >= 4 is 34.0 Å². The van der Waals surface area contributed by atoms with E-state index in [9.17, 15) is 9.59 Å². The third-order valence-electron chi connectivity index (χ3n) is 2.24. The molecule has 1 amide bonds. The summed E-state index contributed by atoms with van der Waals surface area (Å²) in [5, 5.41) is 2.06. The fraction of sp³-hybridized carbons (Fsp3) is 0.154. The predicted molar refractivity (Wildman–Crippen MR) is 72.7 cm³/mol. The maximum Gasteiger partial charge on any atom is 0.309 e. The first-order chi connectivity index (χ1) is 9.08. The first-order valence-electron chi connectivity index (χ1n) is 5.57. The minimum absolute atomic E-state index is 0.157. The normalized spacial score (nSPS) is 10.0. The van der Waals surface area contributed by atoms with Gasteiger partial charge < -0.3 is 4.74 Å². The van der Waals surface area contributed by atoms with Crippen LogP contribution in [-0.4, -0.2) is 16.9 Å². The van der Waals surface area contributed by atoms with Crippen LogP contribution in [0.1, 0.15) is 13.8 Å². The van der Waals surface area contributed by atoms with Crippen molar-refractivity contribution in [2.45, 2.75) is 13.8 Å². The van der Waals surface area contributed by atoms with Crippen LogP contribution in [0.2, 0.25) is 0 Å². The van der Waals surface area contributed by atoms with Crippen molar-refractivity contribution < 1.29 is 14.3 Å². The molecule has 0 aliphatic rings. The lowest BCUT2D eigenvalue weighted by Crippen LogP contribution is -2.22. The second-order valence-electron chi connectivity index (χ2n) is 3.75. The molecule has 1 heterocycles. The van der Waals surface area contributed by atoms with E-state index < -0.39 is 5.97 Å². The summed E-state index contributed by atoms with van der Waals surface area (Å²) in [5.41, 5.74) is 0.721. The van der Waals surface area contributed by atoms with E-state index in [0.29, 0.717) is 5.13 Å². The SMILES string of the molecule is CC(=O)Oc1csc(N(C(C)=O)c2ccccc2)n1. The van der Waals surface area contributed by atoms with E-state index in [1.165, 1.54) is 30.1 Å².